The van der Waals surface area contributed by atoms with Crippen molar-refractivity contribution in [2.75, 3.05) is 11.9 Å². The Balaban J connectivity index is 1.47. The van der Waals surface area contributed by atoms with Crippen LogP contribution in [0.1, 0.15) is 24.6 Å². The van der Waals surface area contributed by atoms with E-state index in [2.05, 4.69) is 15.3 Å². The fraction of sp³-hybridized carbons (Fsp3) is 0.350. The van der Waals surface area contributed by atoms with Crippen LogP contribution in [0.5, 0.6) is 0 Å². The van der Waals surface area contributed by atoms with E-state index in [4.69, 9.17) is 4.74 Å². The van der Waals surface area contributed by atoms with E-state index in [1.807, 2.05) is 30.5 Å². The number of fused-ring (bicyclic) bond motifs is 1. The third kappa shape index (κ3) is 3.92. The van der Waals surface area contributed by atoms with Crippen LogP contribution in [0.2, 0.25) is 0 Å². The van der Waals surface area contributed by atoms with Crippen LogP contribution in [0, 0.1) is 0 Å². The minimum Gasteiger partial charge on any atom is -0.394 e. The fourth-order valence-electron chi connectivity index (χ4n) is 3.64. The molecule has 30 heavy (non-hydrogen) atoms. The second-order valence-electron chi connectivity index (χ2n) is 7.23. The molecule has 1 aliphatic rings. The zero-order chi connectivity index (χ0) is 21.3. The van der Waals surface area contributed by atoms with Gasteiger partial charge in [-0.05, 0) is 18.1 Å². The highest BCUT2D eigenvalue weighted by molar-refractivity contribution is 5.91. The number of hydrogen-bond donors (Lipinski definition) is 5. The predicted octanol–water partition coefficient (Wildman–Crippen LogP) is 0.230. The maximum atomic E-state index is 12.4. The lowest BCUT2D eigenvalue weighted by atomic mass is 10.1. The Morgan fingerprint density at radius 2 is 2.10 bits per heavy atom. The normalized spacial score (nSPS) is 21.2. The van der Waals surface area contributed by atoms with Gasteiger partial charge in [0.2, 0.25) is 5.91 Å². The van der Waals surface area contributed by atoms with Gasteiger partial charge in [-0.2, -0.15) is 0 Å². The molecular weight excluding hydrogens is 392 g/mol. The van der Waals surface area contributed by atoms with Crippen LogP contribution < -0.4 is 16.6 Å². The number of benzene rings is 1. The van der Waals surface area contributed by atoms with Crippen LogP contribution in [0.15, 0.2) is 46.2 Å². The maximum Gasteiger partial charge on any atom is 0.330 e. The largest absolute Gasteiger partial charge is 0.394 e. The summed E-state index contributed by atoms with van der Waals surface area (Å²) in [7, 11) is 0. The van der Waals surface area contributed by atoms with Crippen LogP contribution in [0.3, 0.4) is 0 Å². The highest BCUT2D eigenvalue weighted by Crippen LogP contribution is 2.27. The lowest BCUT2D eigenvalue weighted by Gasteiger charge is -2.15. The number of aromatic nitrogens is 3. The number of hydrogen-bond acceptors (Lipinski definition) is 6. The number of nitrogens with one attached hydrogen (secondary N) is 3. The summed E-state index contributed by atoms with van der Waals surface area (Å²) >= 11 is 0. The van der Waals surface area contributed by atoms with Gasteiger partial charge in [-0.3, -0.25) is 19.1 Å². The molecule has 0 saturated carbocycles. The zero-order valence-electron chi connectivity index (χ0n) is 16.0. The third-order valence-electron chi connectivity index (χ3n) is 5.23. The minimum atomic E-state index is -0.937. The topological polar surface area (TPSA) is 149 Å². The van der Waals surface area contributed by atoms with Gasteiger partial charge < -0.3 is 25.3 Å². The lowest BCUT2D eigenvalue weighted by Crippen LogP contribution is -2.34. The highest BCUT2D eigenvalue weighted by Gasteiger charge is 2.35. The van der Waals surface area contributed by atoms with Crippen molar-refractivity contribution >= 4 is 22.5 Å². The molecule has 1 fully saturated rings. The first kappa shape index (κ1) is 20.1. The first-order valence-electron chi connectivity index (χ1n) is 9.61. The molecule has 1 saturated heterocycles. The lowest BCUT2D eigenvalue weighted by molar-refractivity contribution is -0.116. The summed E-state index contributed by atoms with van der Waals surface area (Å²) in [5.74, 6) is -0.378. The molecule has 0 spiro atoms. The molecule has 1 aromatic carbocycles. The number of para-hydroxylation sites is 1. The smallest absolute Gasteiger partial charge is 0.330 e. The molecule has 1 unspecified atom stereocenters. The zero-order valence-corrected chi connectivity index (χ0v) is 16.0. The Morgan fingerprint density at radius 3 is 2.87 bits per heavy atom. The third-order valence-corrected chi connectivity index (χ3v) is 5.23. The number of aliphatic hydroxyl groups excluding tert-OH is 2. The van der Waals surface area contributed by atoms with Gasteiger partial charge in [-0.1, -0.05) is 18.2 Å². The van der Waals surface area contributed by atoms with E-state index < -0.39 is 36.3 Å². The number of anilines is 1. The summed E-state index contributed by atoms with van der Waals surface area (Å²) in [4.78, 5) is 41.9. The van der Waals surface area contributed by atoms with E-state index in [1.165, 1.54) is 6.20 Å². The van der Waals surface area contributed by atoms with E-state index in [9.17, 15) is 24.6 Å². The average molecular weight is 414 g/mol. The minimum absolute atomic E-state index is 0.0745. The predicted molar refractivity (Wildman–Crippen MR) is 108 cm³/mol. The quantitative estimate of drug-likeness (QED) is 0.390. The summed E-state index contributed by atoms with van der Waals surface area (Å²) in [6, 6.07) is 7.76. The van der Waals surface area contributed by atoms with Crippen molar-refractivity contribution < 1.29 is 19.7 Å². The van der Waals surface area contributed by atoms with Crippen molar-refractivity contribution in [3.8, 4) is 0 Å². The molecule has 10 nitrogen and oxygen atoms in total. The van der Waals surface area contributed by atoms with Crippen molar-refractivity contribution in [2.24, 2.45) is 0 Å². The molecule has 2 aromatic heterocycles. The SMILES string of the molecule is O=C(CCc1c[nH]c2ccccc12)Nc1cn([C@@H]2CC(O)[C@H](CO)O2)c(=O)[nH]c1=O. The molecule has 0 radical (unpaired) electrons. The number of H-pyrrole nitrogens is 2. The van der Waals surface area contributed by atoms with Crippen molar-refractivity contribution in [1.82, 2.24) is 14.5 Å². The fourth-order valence-corrected chi connectivity index (χ4v) is 3.64. The molecule has 1 aliphatic heterocycles. The van der Waals surface area contributed by atoms with Crippen molar-refractivity contribution in [2.45, 2.75) is 37.7 Å². The molecule has 4 rings (SSSR count). The summed E-state index contributed by atoms with van der Waals surface area (Å²) in [6.07, 6.45) is 1.13. The van der Waals surface area contributed by atoms with Gasteiger partial charge in [0.15, 0.2) is 0 Å². The number of ether oxygens (including phenoxy) is 1. The van der Waals surface area contributed by atoms with Crippen LogP contribution >= 0.6 is 0 Å². The first-order chi connectivity index (χ1) is 14.5. The van der Waals surface area contributed by atoms with E-state index in [0.29, 0.717) is 6.42 Å². The van der Waals surface area contributed by atoms with Gasteiger partial charge in [0.1, 0.15) is 18.0 Å². The molecule has 5 N–H and O–H groups in total. The first-order valence-corrected chi connectivity index (χ1v) is 9.61. The number of nitrogens with zero attached hydrogens (tertiary/aromatic N) is 1. The van der Waals surface area contributed by atoms with E-state index >= 15 is 0 Å². The van der Waals surface area contributed by atoms with Gasteiger partial charge in [0.25, 0.3) is 5.56 Å². The van der Waals surface area contributed by atoms with Gasteiger partial charge in [0.05, 0.1) is 12.7 Å². The van der Waals surface area contributed by atoms with Crippen LogP contribution in [-0.4, -0.2) is 49.5 Å². The summed E-state index contributed by atoms with van der Waals surface area (Å²) in [5, 5.41) is 22.6. The molecule has 158 valence electrons. The van der Waals surface area contributed by atoms with Crippen molar-refractivity contribution in [3.05, 3.63) is 63.1 Å². The Kier molecular flexibility index (Phi) is 5.53. The number of aromatic amines is 2. The van der Waals surface area contributed by atoms with Gasteiger partial charge >= 0.3 is 5.69 Å². The Labute approximate surface area is 170 Å². The van der Waals surface area contributed by atoms with Crippen LogP contribution in [0.25, 0.3) is 10.9 Å². The molecule has 3 heterocycles. The maximum absolute atomic E-state index is 12.4. The second-order valence-corrected chi connectivity index (χ2v) is 7.23. The molecule has 1 amide bonds. The average Bonchev–Trinajstić information content (AvgIpc) is 3.31. The van der Waals surface area contributed by atoms with Gasteiger partial charge in [-0.15, -0.1) is 0 Å². The number of rotatable bonds is 6. The Bertz CT molecular complexity index is 1180. The number of carbonyl (C=O) groups is 1. The standard InChI is InChI=1S/C20H22N4O6/c25-10-16-15(26)7-18(30-16)24-9-14(19(28)23-20(24)29)22-17(27)6-5-11-8-21-13-4-2-1-3-12(11)13/h1-4,8-9,15-16,18,21,25-26H,5-7,10H2,(H,22,27)(H,23,28,29)/t15?,16-,18-/m0/s1. The second kappa shape index (κ2) is 8.27. The number of aliphatic hydroxyl groups is 2. The summed E-state index contributed by atoms with van der Waals surface area (Å²) in [6.45, 7) is -0.396. The van der Waals surface area contributed by atoms with Crippen LogP contribution in [-0.2, 0) is 16.0 Å². The number of amides is 1. The molecule has 3 atom stereocenters. The Hall–Kier alpha value is -3.21. The molecule has 10 heteroatoms. The molecular formula is C20H22N4O6. The molecule has 3 aromatic rings. The van der Waals surface area contributed by atoms with Crippen molar-refractivity contribution in [3.63, 3.8) is 0 Å². The number of aryl methyl sites for hydroxylation is 1. The van der Waals surface area contributed by atoms with E-state index in [0.717, 1.165) is 21.0 Å². The van der Waals surface area contributed by atoms with Gasteiger partial charge in [-0.25, -0.2) is 4.79 Å². The Morgan fingerprint density at radius 1 is 1.30 bits per heavy atom. The molecule has 0 aliphatic carbocycles. The van der Waals surface area contributed by atoms with Crippen molar-refractivity contribution in [1.29, 1.82) is 0 Å². The van der Waals surface area contributed by atoms with Crippen LogP contribution in [0.4, 0.5) is 5.69 Å². The summed E-state index contributed by atoms with van der Waals surface area (Å²) < 4.78 is 6.54. The van der Waals surface area contributed by atoms with Gasteiger partial charge in [0, 0.05) is 36.1 Å². The monoisotopic (exact) mass is 414 g/mol. The van der Waals surface area contributed by atoms with E-state index in [1.54, 1.807) is 0 Å². The van der Waals surface area contributed by atoms with E-state index in [-0.39, 0.29) is 24.4 Å². The molecule has 0 bridgehead atoms. The number of carbonyl (C=O) groups excluding carboxylic acids is 1. The summed E-state index contributed by atoms with van der Waals surface area (Å²) in [5.41, 5.74) is 0.421. The highest BCUT2D eigenvalue weighted by atomic mass is 16.5.